The molecule has 2 unspecified atom stereocenters. The van der Waals surface area contributed by atoms with Crippen molar-refractivity contribution in [1.82, 2.24) is 30.0 Å². The van der Waals surface area contributed by atoms with Gasteiger partial charge in [0.2, 0.25) is 0 Å². The van der Waals surface area contributed by atoms with E-state index in [9.17, 15) is 25.0 Å². The van der Waals surface area contributed by atoms with Crippen molar-refractivity contribution in [2.45, 2.75) is 38.8 Å². The van der Waals surface area contributed by atoms with Gasteiger partial charge >= 0.3 is 11.6 Å². The first-order chi connectivity index (χ1) is 16.2. The summed E-state index contributed by atoms with van der Waals surface area (Å²) in [4.78, 5) is 35.4. The van der Waals surface area contributed by atoms with Gasteiger partial charge in [-0.05, 0) is 48.0 Å². The molecule has 15 heteroatoms. The van der Waals surface area contributed by atoms with Crippen molar-refractivity contribution in [2.24, 2.45) is 0 Å². The van der Waals surface area contributed by atoms with Gasteiger partial charge in [0.25, 0.3) is 0 Å². The van der Waals surface area contributed by atoms with Crippen LogP contribution in [0.1, 0.15) is 48.7 Å². The van der Waals surface area contributed by atoms with Crippen LogP contribution in [0.3, 0.4) is 0 Å². The molecule has 0 aliphatic heterocycles. The molecule has 0 spiro atoms. The maximum Gasteiger partial charge on any atom is 0.410 e. The van der Waals surface area contributed by atoms with Crippen LogP contribution in [0.15, 0.2) is 45.5 Å². The average molecular weight is 470 g/mol. The first-order valence-electron chi connectivity index (χ1n) is 10.0. The minimum absolute atomic E-state index is 0.0749. The Balaban J connectivity index is 1.39. The zero-order valence-electron chi connectivity index (χ0n) is 18.0. The second kappa shape index (κ2) is 9.05. The van der Waals surface area contributed by atoms with Crippen LogP contribution in [0, 0.1) is 20.2 Å². The number of carbonyl (C=O) groups is 1. The van der Waals surface area contributed by atoms with Crippen molar-refractivity contribution in [3.63, 3.8) is 0 Å². The molecule has 0 amide bonds. The monoisotopic (exact) mass is 470 g/mol. The second-order valence-corrected chi connectivity index (χ2v) is 7.43. The largest absolute Gasteiger partial charge is 0.463 e. The first kappa shape index (κ1) is 22.5. The summed E-state index contributed by atoms with van der Waals surface area (Å²) in [6, 6.07) is 6.62. The Labute approximate surface area is 190 Å². The number of furan rings is 2. The highest BCUT2D eigenvalue weighted by molar-refractivity contribution is 5.90. The first-order valence-corrected chi connectivity index (χ1v) is 10.0. The third kappa shape index (κ3) is 4.72. The van der Waals surface area contributed by atoms with E-state index >= 15 is 0 Å². The number of nitrogens with zero attached hydrogens (tertiary/aromatic N) is 8. The molecule has 34 heavy (non-hydrogen) atoms. The lowest BCUT2D eigenvalue weighted by Crippen LogP contribution is -2.15. The number of carbonyl (C=O) groups excluding carboxylic acids is 1. The molecule has 0 saturated carbocycles. The van der Waals surface area contributed by atoms with E-state index in [4.69, 9.17) is 8.83 Å². The summed E-state index contributed by atoms with van der Waals surface area (Å²) in [5.74, 6) is -0.348. The predicted molar refractivity (Wildman–Crippen MR) is 111 cm³/mol. The summed E-state index contributed by atoms with van der Waals surface area (Å²) >= 11 is 0. The molecule has 0 aromatic carbocycles. The summed E-state index contributed by atoms with van der Waals surface area (Å²) in [6.07, 6.45) is 2.08. The predicted octanol–water partition coefficient (Wildman–Crippen LogP) is 2.44. The van der Waals surface area contributed by atoms with Crippen LogP contribution in [0.4, 0.5) is 11.6 Å². The minimum atomic E-state index is -0.644. The van der Waals surface area contributed by atoms with Crippen LogP contribution in [0.25, 0.3) is 0 Å². The van der Waals surface area contributed by atoms with Crippen molar-refractivity contribution in [3.8, 4) is 0 Å². The molecular weight excluding hydrogens is 452 g/mol. The minimum Gasteiger partial charge on any atom is -0.463 e. The van der Waals surface area contributed by atoms with E-state index in [1.165, 1.54) is 0 Å². The highest BCUT2D eigenvalue weighted by Gasteiger charge is 2.28. The van der Waals surface area contributed by atoms with E-state index < -0.39 is 21.7 Å². The van der Waals surface area contributed by atoms with Gasteiger partial charge in [0.1, 0.15) is 36.1 Å². The maximum atomic E-state index is 13.0. The van der Waals surface area contributed by atoms with Crippen molar-refractivity contribution in [3.05, 3.63) is 79.9 Å². The maximum absolute atomic E-state index is 13.0. The van der Waals surface area contributed by atoms with E-state index in [0.717, 1.165) is 22.0 Å². The molecule has 4 aromatic rings. The molecule has 15 nitrogen and oxygen atoms in total. The Hall–Kier alpha value is -4.69. The van der Waals surface area contributed by atoms with Crippen molar-refractivity contribution >= 4 is 17.4 Å². The summed E-state index contributed by atoms with van der Waals surface area (Å²) in [5.41, 5.74) is 0. The molecule has 0 bridgehead atoms. The highest BCUT2D eigenvalue weighted by atomic mass is 16.6. The Morgan fingerprint density at radius 1 is 0.853 bits per heavy atom. The Morgan fingerprint density at radius 2 is 1.26 bits per heavy atom. The van der Waals surface area contributed by atoms with E-state index in [1.807, 2.05) is 0 Å². The van der Waals surface area contributed by atoms with Gasteiger partial charge in [-0.2, -0.15) is 0 Å². The number of aromatic nitrogens is 6. The van der Waals surface area contributed by atoms with Crippen LogP contribution in [-0.4, -0.2) is 45.6 Å². The van der Waals surface area contributed by atoms with Crippen molar-refractivity contribution in [2.75, 3.05) is 0 Å². The summed E-state index contributed by atoms with van der Waals surface area (Å²) in [6.45, 7) is 3.56. The molecule has 0 saturated heterocycles. The summed E-state index contributed by atoms with van der Waals surface area (Å²) in [7, 11) is 0. The third-order valence-electron chi connectivity index (χ3n) is 5.09. The van der Waals surface area contributed by atoms with Gasteiger partial charge < -0.3 is 29.1 Å². The second-order valence-electron chi connectivity index (χ2n) is 7.43. The molecule has 4 aromatic heterocycles. The number of nitro groups is 2. The molecule has 0 N–H and O–H groups in total. The smallest absolute Gasteiger partial charge is 0.410 e. The van der Waals surface area contributed by atoms with Crippen LogP contribution in [0.5, 0.6) is 0 Å². The van der Waals surface area contributed by atoms with Crippen LogP contribution in [-0.2, 0) is 17.9 Å². The van der Waals surface area contributed by atoms with E-state index in [1.54, 1.807) is 38.1 Å². The van der Waals surface area contributed by atoms with Crippen molar-refractivity contribution in [1.29, 1.82) is 0 Å². The van der Waals surface area contributed by atoms with Gasteiger partial charge in [-0.15, -0.1) is 10.2 Å². The number of hydrogen-bond donors (Lipinski definition) is 0. The number of rotatable bonds is 10. The SMILES string of the molecule is CC(C(=O)C(C)c1ccc(Cn2ncc([N+](=O)[O-])n2)o1)c1ccc(Cn2ncc([N+](=O)[O-])n2)o1. The molecule has 0 aliphatic carbocycles. The zero-order chi connectivity index (χ0) is 24.4. The van der Waals surface area contributed by atoms with E-state index in [0.29, 0.717) is 23.0 Å². The van der Waals surface area contributed by atoms with Gasteiger partial charge in [0, 0.05) is 0 Å². The fourth-order valence-electron chi connectivity index (χ4n) is 3.25. The fraction of sp³-hybridized carbons (Fsp3) is 0.316. The molecule has 0 fully saturated rings. The lowest BCUT2D eigenvalue weighted by molar-refractivity contribution is -0.390. The standard InChI is InChI=1S/C19H18N8O7/c1-11(15-5-3-13(33-15)9-24-20-7-17(22-24)26(29)30)19(28)12(2)16-6-4-14(34-16)10-25-21-8-18(23-25)27(31)32/h3-8,11-12H,9-10H2,1-2H3. The molecule has 0 radical (unpaired) electrons. The molecule has 4 rings (SSSR count). The quantitative estimate of drug-likeness (QED) is 0.244. The Kier molecular flexibility index (Phi) is 5.99. The van der Waals surface area contributed by atoms with Gasteiger partial charge in [-0.3, -0.25) is 4.79 Å². The summed E-state index contributed by atoms with van der Waals surface area (Å²) in [5, 5.41) is 36.5. The molecule has 4 heterocycles. The molecular formula is C19H18N8O7. The number of hydrogen-bond acceptors (Lipinski definition) is 11. The summed E-state index contributed by atoms with van der Waals surface area (Å²) < 4.78 is 11.5. The molecule has 0 aliphatic rings. The van der Waals surface area contributed by atoms with Gasteiger partial charge in [0.05, 0.1) is 22.0 Å². The Morgan fingerprint density at radius 3 is 1.62 bits per heavy atom. The average Bonchev–Trinajstić information content (AvgIpc) is 3.59. The topological polar surface area (TPSA) is 191 Å². The fourth-order valence-corrected chi connectivity index (χ4v) is 3.25. The van der Waals surface area contributed by atoms with Gasteiger partial charge in [-0.1, -0.05) is 9.59 Å². The van der Waals surface area contributed by atoms with E-state index in [-0.39, 0.29) is 30.5 Å². The lowest BCUT2D eigenvalue weighted by Gasteiger charge is -2.12. The van der Waals surface area contributed by atoms with Crippen LogP contribution in [0.2, 0.25) is 0 Å². The number of Topliss-reactive ketones (excluding diaryl/α,β-unsaturated/α-hetero) is 1. The van der Waals surface area contributed by atoms with E-state index in [2.05, 4.69) is 20.4 Å². The molecule has 2 atom stereocenters. The van der Waals surface area contributed by atoms with Crippen LogP contribution >= 0.6 is 0 Å². The zero-order valence-corrected chi connectivity index (χ0v) is 18.0. The van der Waals surface area contributed by atoms with Gasteiger partial charge in [-0.25, -0.2) is 0 Å². The van der Waals surface area contributed by atoms with Crippen LogP contribution < -0.4 is 0 Å². The Bertz CT molecular complexity index is 1250. The molecule has 176 valence electrons. The third-order valence-corrected chi connectivity index (χ3v) is 5.09. The van der Waals surface area contributed by atoms with Gasteiger partial charge in [0.15, 0.2) is 18.2 Å². The lowest BCUT2D eigenvalue weighted by atomic mass is 9.92. The normalized spacial score (nSPS) is 13.0. The van der Waals surface area contributed by atoms with Crippen molar-refractivity contribution < 1.29 is 23.5 Å². The highest BCUT2D eigenvalue weighted by Crippen LogP contribution is 2.29. The number of ketones is 1.